The van der Waals surface area contributed by atoms with Crippen LogP contribution >= 0.6 is 0 Å². The van der Waals surface area contributed by atoms with Crippen LogP contribution in [0.25, 0.3) is 0 Å². The fourth-order valence-corrected chi connectivity index (χ4v) is 3.34. The SMILES string of the molecule is CC(C)Cc1ccc(C(C)C(=O)NC(CC(C)C)C(=O)Nc2ccc(O)cc2)cc1. The molecule has 0 aliphatic rings. The molecule has 2 amide bonds. The largest absolute Gasteiger partial charge is 0.508 e. The number of amides is 2. The molecular formula is C25H34N2O3. The van der Waals surface area contributed by atoms with E-state index in [9.17, 15) is 14.7 Å². The fraction of sp³-hybridized carbons (Fsp3) is 0.440. The molecule has 0 aromatic heterocycles. The molecule has 0 aliphatic heterocycles. The van der Waals surface area contributed by atoms with E-state index in [1.807, 2.05) is 32.9 Å². The predicted octanol–water partition coefficient (Wildman–Crippen LogP) is 4.86. The lowest BCUT2D eigenvalue weighted by Crippen LogP contribution is -2.46. The van der Waals surface area contributed by atoms with Gasteiger partial charge in [0.1, 0.15) is 11.8 Å². The first-order chi connectivity index (χ1) is 14.2. The molecule has 0 heterocycles. The van der Waals surface area contributed by atoms with Gasteiger partial charge in [0.05, 0.1) is 5.92 Å². The average Bonchev–Trinajstić information content (AvgIpc) is 2.68. The van der Waals surface area contributed by atoms with E-state index >= 15 is 0 Å². The van der Waals surface area contributed by atoms with E-state index in [1.165, 1.54) is 17.7 Å². The number of anilines is 1. The van der Waals surface area contributed by atoms with E-state index in [2.05, 4.69) is 36.6 Å². The van der Waals surface area contributed by atoms with Gasteiger partial charge in [-0.05, 0) is 67.0 Å². The van der Waals surface area contributed by atoms with Gasteiger partial charge in [-0.1, -0.05) is 52.0 Å². The van der Waals surface area contributed by atoms with Crippen molar-refractivity contribution in [3.8, 4) is 5.75 Å². The zero-order valence-corrected chi connectivity index (χ0v) is 18.6. The van der Waals surface area contributed by atoms with E-state index in [4.69, 9.17) is 0 Å². The van der Waals surface area contributed by atoms with Gasteiger partial charge in [-0.2, -0.15) is 0 Å². The molecule has 3 N–H and O–H groups in total. The summed E-state index contributed by atoms with van der Waals surface area (Å²) >= 11 is 0. The fourth-order valence-electron chi connectivity index (χ4n) is 3.34. The lowest BCUT2D eigenvalue weighted by molar-refractivity contribution is -0.127. The number of nitrogens with one attached hydrogen (secondary N) is 2. The minimum Gasteiger partial charge on any atom is -0.508 e. The number of phenols is 1. The van der Waals surface area contributed by atoms with Gasteiger partial charge in [0, 0.05) is 5.69 Å². The van der Waals surface area contributed by atoms with Gasteiger partial charge in [-0.3, -0.25) is 9.59 Å². The summed E-state index contributed by atoms with van der Waals surface area (Å²) in [6, 6.07) is 13.8. The number of benzene rings is 2. The van der Waals surface area contributed by atoms with Crippen LogP contribution in [0.5, 0.6) is 5.75 Å². The van der Waals surface area contributed by atoms with Gasteiger partial charge in [-0.25, -0.2) is 0 Å². The minimum absolute atomic E-state index is 0.133. The van der Waals surface area contributed by atoms with Crippen molar-refractivity contribution in [2.45, 2.75) is 59.4 Å². The third-order valence-corrected chi connectivity index (χ3v) is 4.99. The van der Waals surface area contributed by atoms with E-state index in [-0.39, 0.29) is 29.4 Å². The maximum absolute atomic E-state index is 12.9. The van der Waals surface area contributed by atoms with Crippen LogP contribution in [-0.2, 0) is 16.0 Å². The Bertz CT molecular complexity index is 826. The molecule has 0 saturated heterocycles. The van der Waals surface area contributed by atoms with Gasteiger partial charge in [-0.15, -0.1) is 0 Å². The average molecular weight is 411 g/mol. The Morgan fingerprint density at radius 3 is 1.97 bits per heavy atom. The first-order valence-electron chi connectivity index (χ1n) is 10.6. The van der Waals surface area contributed by atoms with Crippen LogP contribution in [0, 0.1) is 11.8 Å². The molecule has 0 spiro atoms. The van der Waals surface area contributed by atoms with Gasteiger partial charge < -0.3 is 15.7 Å². The van der Waals surface area contributed by atoms with Gasteiger partial charge in [0.25, 0.3) is 0 Å². The van der Waals surface area contributed by atoms with Crippen LogP contribution in [0.4, 0.5) is 5.69 Å². The molecule has 2 aromatic carbocycles. The van der Waals surface area contributed by atoms with Crippen molar-refractivity contribution >= 4 is 17.5 Å². The Morgan fingerprint density at radius 1 is 0.833 bits per heavy atom. The van der Waals surface area contributed by atoms with Crippen LogP contribution in [0.1, 0.15) is 58.1 Å². The van der Waals surface area contributed by atoms with Crippen LogP contribution in [0.15, 0.2) is 48.5 Å². The highest BCUT2D eigenvalue weighted by molar-refractivity contribution is 5.98. The second-order valence-corrected chi connectivity index (χ2v) is 8.79. The van der Waals surface area contributed by atoms with Crippen molar-refractivity contribution < 1.29 is 14.7 Å². The third-order valence-electron chi connectivity index (χ3n) is 4.99. The van der Waals surface area contributed by atoms with Gasteiger partial charge >= 0.3 is 0 Å². The summed E-state index contributed by atoms with van der Waals surface area (Å²) in [7, 11) is 0. The Kier molecular flexibility index (Phi) is 8.46. The molecule has 0 fully saturated rings. The molecule has 0 saturated carbocycles. The Balaban J connectivity index is 2.05. The highest BCUT2D eigenvalue weighted by Gasteiger charge is 2.25. The molecule has 30 heavy (non-hydrogen) atoms. The molecule has 0 radical (unpaired) electrons. The number of hydrogen-bond donors (Lipinski definition) is 3. The van der Waals surface area contributed by atoms with Crippen LogP contribution < -0.4 is 10.6 Å². The molecule has 2 aromatic rings. The molecule has 5 nitrogen and oxygen atoms in total. The molecular weight excluding hydrogens is 376 g/mol. The Labute approximate surface area is 179 Å². The van der Waals surface area contributed by atoms with Crippen molar-refractivity contribution in [1.82, 2.24) is 5.32 Å². The molecule has 2 atom stereocenters. The second kappa shape index (κ2) is 10.8. The Morgan fingerprint density at radius 2 is 1.43 bits per heavy atom. The lowest BCUT2D eigenvalue weighted by Gasteiger charge is -2.22. The van der Waals surface area contributed by atoms with Gasteiger partial charge in [0.2, 0.25) is 11.8 Å². The minimum atomic E-state index is -0.631. The van der Waals surface area contributed by atoms with Crippen molar-refractivity contribution in [3.63, 3.8) is 0 Å². The number of phenolic OH excluding ortho intramolecular Hbond substituents is 1. The van der Waals surface area contributed by atoms with Crippen LogP contribution in [-0.4, -0.2) is 23.0 Å². The topological polar surface area (TPSA) is 78.4 Å². The predicted molar refractivity (Wildman–Crippen MR) is 122 cm³/mol. The number of rotatable bonds is 9. The smallest absolute Gasteiger partial charge is 0.246 e. The molecule has 2 rings (SSSR count). The summed E-state index contributed by atoms with van der Waals surface area (Å²) in [4.78, 5) is 25.7. The van der Waals surface area contributed by atoms with E-state index in [0.717, 1.165) is 12.0 Å². The highest BCUT2D eigenvalue weighted by atomic mass is 16.3. The van der Waals surface area contributed by atoms with Crippen molar-refractivity contribution in [2.24, 2.45) is 11.8 Å². The van der Waals surface area contributed by atoms with Crippen LogP contribution in [0.3, 0.4) is 0 Å². The van der Waals surface area contributed by atoms with E-state index < -0.39 is 6.04 Å². The summed E-state index contributed by atoms with van der Waals surface area (Å²) in [5.74, 6) is 0.176. The number of aromatic hydroxyl groups is 1. The van der Waals surface area contributed by atoms with E-state index in [1.54, 1.807) is 12.1 Å². The normalized spacial score (nSPS) is 13.2. The Hall–Kier alpha value is -2.82. The summed E-state index contributed by atoms with van der Waals surface area (Å²) in [5.41, 5.74) is 2.77. The van der Waals surface area contributed by atoms with Gasteiger partial charge in [0.15, 0.2) is 0 Å². The maximum Gasteiger partial charge on any atom is 0.246 e. The first kappa shape index (κ1) is 23.5. The zero-order chi connectivity index (χ0) is 22.3. The van der Waals surface area contributed by atoms with Crippen molar-refractivity contribution in [3.05, 3.63) is 59.7 Å². The molecule has 5 heteroatoms. The van der Waals surface area contributed by atoms with E-state index in [0.29, 0.717) is 18.0 Å². The lowest BCUT2D eigenvalue weighted by atomic mass is 9.95. The molecule has 0 aliphatic carbocycles. The number of carbonyl (C=O) groups excluding carboxylic acids is 2. The third kappa shape index (κ3) is 7.21. The monoisotopic (exact) mass is 410 g/mol. The summed E-state index contributed by atoms with van der Waals surface area (Å²) in [6.07, 6.45) is 1.55. The first-order valence-corrected chi connectivity index (χ1v) is 10.6. The van der Waals surface area contributed by atoms with Crippen LogP contribution in [0.2, 0.25) is 0 Å². The molecule has 2 unspecified atom stereocenters. The number of carbonyl (C=O) groups is 2. The summed E-state index contributed by atoms with van der Waals surface area (Å²) < 4.78 is 0. The zero-order valence-electron chi connectivity index (χ0n) is 18.6. The molecule has 162 valence electrons. The molecule has 0 bridgehead atoms. The highest BCUT2D eigenvalue weighted by Crippen LogP contribution is 2.19. The summed E-state index contributed by atoms with van der Waals surface area (Å²) in [5, 5.41) is 15.1. The number of hydrogen-bond acceptors (Lipinski definition) is 3. The summed E-state index contributed by atoms with van der Waals surface area (Å²) in [6.45, 7) is 10.3. The van der Waals surface area contributed by atoms with Crippen molar-refractivity contribution in [1.29, 1.82) is 0 Å². The second-order valence-electron chi connectivity index (χ2n) is 8.79. The standard InChI is InChI=1S/C25H34N2O3/c1-16(2)14-19-6-8-20(9-7-19)18(5)24(29)27-23(15-17(3)4)25(30)26-21-10-12-22(28)13-11-21/h6-13,16-18,23,28H,14-15H2,1-5H3,(H,26,30)(H,27,29). The van der Waals surface area contributed by atoms with Crippen molar-refractivity contribution in [2.75, 3.05) is 5.32 Å². The quantitative estimate of drug-likeness (QED) is 0.516. The maximum atomic E-state index is 12.9.